The molecule has 0 aromatic heterocycles. The summed E-state index contributed by atoms with van der Waals surface area (Å²) < 4.78 is 4.89. The SMILES string of the molecule is N#CCCNC(=O)COC(=O)c1ccc2c(c1)NC(=O)CS2. The molecule has 0 saturated carbocycles. The molecule has 0 atom stereocenters. The first-order valence-corrected chi connectivity index (χ1v) is 7.46. The average Bonchev–Trinajstić information content (AvgIpc) is 2.52. The fourth-order valence-corrected chi connectivity index (χ4v) is 2.52. The van der Waals surface area contributed by atoms with Crippen molar-refractivity contribution in [2.45, 2.75) is 11.3 Å². The van der Waals surface area contributed by atoms with Gasteiger partial charge in [-0.05, 0) is 18.2 Å². The van der Waals surface area contributed by atoms with E-state index in [1.54, 1.807) is 12.1 Å². The topological polar surface area (TPSA) is 108 Å². The van der Waals surface area contributed by atoms with E-state index >= 15 is 0 Å². The van der Waals surface area contributed by atoms with Crippen molar-refractivity contribution in [1.82, 2.24) is 5.32 Å². The predicted octanol–water partition coefficient (Wildman–Crippen LogP) is 0.917. The van der Waals surface area contributed by atoms with Gasteiger partial charge >= 0.3 is 5.97 Å². The quantitative estimate of drug-likeness (QED) is 0.617. The molecule has 0 bridgehead atoms. The minimum atomic E-state index is -0.650. The van der Waals surface area contributed by atoms with Crippen LogP contribution < -0.4 is 10.6 Å². The zero-order valence-corrected chi connectivity index (χ0v) is 12.4. The summed E-state index contributed by atoms with van der Waals surface area (Å²) in [6.45, 7) is -0.197. The van der Waals surface area contributed by atoms with Gasteiger partial charge in [-0.15, -0.1) is 11.8 Å². The Labute approximate surface area is 131 Å². The van der Waals surface area contributed by atoms with Crippen molar-refractivity contribution < 1.29 is 19.1 Å². The molecule has 0 saturated heterocycles. The number of nitrogens with zero attached hydrogens (tertiary/aromatic N) is 1. The Morgan fingerprint density at radius 2 is 2.27 bits per heavy atom. The third kappa shape index (κ3) is 4.23. The molecule has 1 aromatic carbocycles. The summed E-state index contributed by atoms with van der Waals surface area (Å²) in [5.74, 6) is -0.895. The molecular formula is C14H13N3O4S. The lowest BCUT2D eigenvalue weighted by molar-refractivity contribution is -0.124. The molecule has 114 valence electrons. The van der Waals surface area contributed by atoms with E-state index in [0.717, 1.165) is 4.90 Å². The summed E-state index contributed by atoms with van der Waals surface area (Å²) in [4.78, 5) is 35.4. The van der Waals surface area contributed by atoms with E-state index in [9.17, 15) is 14.4 Å². The summed E-state index contributed by atoms with van der Waals surface area (Å²) in [6, 6.07) is 6.72. The highest BCUT2D eigenvalue weighted by atomic mass is 32.2. The van der Waals surface area contributed by atoms with Gasteiger partial charge in [0.1, 0.15) is 0 Å². The Bertz CT molecular complexity index is 654. The normalized spacial score (nSPS) is 12.6. The number of nitriles is 1. The van der Waals surface area contributed by atoms with Crippen LogP contribution >= 0.6 is 11.8 Å². The maximum atomic E-state index is 11.9. The number of hydrogen-bond acceptors (Lipinski definition) is 6. The van der Waals surface area contributed by atoms with Crippen molar-refractivity contribution in [3.05, 3.63) is 23.8 Å². The zero-order chi connectivity index (χ0) is 15.9. The summed E-state index contributed by atoms with van der Waals surface area (Å²) >= 11 is 1.39. The molecule has 8 heteroatoms. The Balaban J connectivity index is 1.90. The van der Waals surface area contributed by atoms with Crippen molar-refractivity contribution in [1.29, 1.82) is 5.26 Å². The number of anilines is 1. The van der Waals surface area contributed by atoms with Crippen LogP contribution in [0.25, 0.3) is 0 Å². The van der Waals surface area contributed by atoms with Gasteiger partial charge in [0.15, 0.2) is 6.61 Å². The fourth-order valence-electron chi connectivity index (χ4n) is 1.73. The molecule has 0 aliphatic carbocycles. The molecule has 1 aromatic rings. The second kappa shape index (κ2) is 7.47. The van der Waals surface area contributed by atoms with Gasteiger partial charge in [-0.3, -0.25) is 9.59 Å². The number of rotatable bonds is 5. The summed E-state index contributed by atoms with van der Waals surface area (Å²) in [6.07, 6.45) is 0.196. The van der Waals surface area contributed by atoms with Gasteiger partial charge in [-0.2, -0.15) is 5.26 Å². The lowest BCUT2D eigenvalue weighted by Crippen LogP contribution is -2.29. The van der Waals surface area contributed by atoms with Crippen LogP contribution in [0.4, 0.5) is 5.69 Å². The van der Waals surface area contributed by atoms with Gasteiger partial charge in [0.05, 0.1) is 29.5 Å². The summed E-state index contributed by atoms with van der Waals surface area (Å²) in [5.41, 5.74) is 0.820. The van der Waals surface area contributed by atoms with Crippen molar-refractivity contribution in [3.8, 4) is 6.07 Å². The van der Waals surface area contributed by atoms with Crippen molar-refractivity contribution in [2.24, 2.45) is 0 Å². The molecule has 1 heterocycles. The number of ether oxygens (including phenoxy) is 1. The Kier molecular flexibility index (Phi) is 5.38. The third-order valence-corrected chi connectivity index (χ3v) is 3.81. The number of fused-ring (bicyclic) bond motifs is 1. The van der Waals surface area contributed by atoms with Gasteiger partial charge in [-0.1, -0.05) is 0 Å². The first-order chi connectivity index (χ1) is 10.6. The van der Waals surface area contributed by atoms with E-state index < -0.39 is 18.5 Å². The van der Waals surface area contributed by atoms with Crippen LogP contribution in [0, 0.1) is 11.3 Å². The monoisotopic (exact) mass is 319 g/mol. The van der Waals surface area contributed by atoms with Gasteiger partial charge in [-0.25, -0.2) is 4.79 Å². The summed E-state index contributed by atoms with van der Waals surface area (Å²) in [5, 5.41) is 13.5. The Morgan fingerprint density at radius 1 is 1.45 bits per heavy atom. The molecule has 1 aliphatic rings. The largest absolute Gasteiger partial charge is 0.452 e. The predicted molar refractivity (Wildman–Crippen MR) is 79.3 cm³/mol. The number of esters is 1. The van der Waals surface area contributed by atoms with E-state index in [1.165, 1.54) is 17.8 Å². The number of thioether (sulfide) groups is 1. The molecule has 2 amide bonds. The standard InChI is InChI=1S/C14H13N3O4S/c15-4-1-5-16-12(18)7-21-14(20)9-2-3-11-10(6-9)17-13(19)8-22-11/h2-3,6H,1,5,7-8H2,(H,16,18)(H,17,19). The molecule has 0 radical (unpaired) electrons. The molecule has 2 rings (SSSR count). The number of nitrogens with one attached hydrogen (secondary N) is 2. The Hall–Kier alpha value is -2.53. The van der Waals surface area contributed by atoms with Gasteiger partial charge in [0.25, 0.3) is 5.91 Å². The molecule has 0 fully saturated rings. The highest BCUT2D eigenvalue weighted by Gasteiger charge is 2.18. The van der Waals surface area contributed by atoms with Crippen LogP contribution in [0.1, 0.15) is 16.8 Å². The average molecular weight is 319 g/mol. The van der Waals surface area contributed by atoms with E-state index in [2.05, 4.69) is 10.6 Å². The molecular weight excluding hydrogens is 306 g/mol. The number of amides is 2. The van der Waals surface area contributed by atoms with E-state index in [-0.39, 0.29) is 24.4 Å². The second-order valence-electron chi connectivity index (χ2n) is 4.38. The minimum Gasteiger partial charge on any atom is -0.452 e. The maximum absolute atomic E-state index is 11.9. The van der Waals surface area contributed by atoms with Crippen LogP contribution in [-0.4, -0.2) is 36.7 Å². The lowest BCUT2D eigenvalue weighted by atomic mass is 10.2. The highest BCUT2D eigenvalue weighted by molar-refractivity contribution is 8.00. The zero-order valence-electron chi connectivity index (χ0n) is 11.5. The van der Waals surface area contributed by atoms with Crippen LogP contribution in [0.2, 0.25) is 0 Å². The molecule has 7 nitrogen and oxygen atoms in total. The van der Waals surface area contributed by atoms with Crippen molar-refractivity contribution in [2.75, 3.05) is 24.2 Å². The van der Waals surface area contributed by atoms with Crippen LogP contribution in [0.15, 0.2) is 23.1 Å². The molecule has 1 aliphatic heterocycles. The fraction of sp³-hybridized carbons (Fsp3) is 0.286. The summed E-state index contributed by atoms with van der Waals surface area (Å²) in [7, 11) is 0. The molecule has 0 spiro atoms. The van der Waals surface area contributed by atoms with E-state index in [0.29, 0.717) is 11.4 Å². The maximum Gasteiger partial charge on any atom is 0.338 e. The lowest BCUT2D eigenvalue weighted by Gasteiger charge is -2.16. The number of benzene rings is 1. The Morgan fingerprint density at radius 3 is 3.05 bits per heavy atom. The third-order valence-electron chi connectivity index (χ3n) is 2.74. The highest BCUT2D eigenvalue weighted by Crippen LogP contribution is 2.32. The van der Waals surface area contributed by atoms with Crippen LogP contribution in [-0.2, 0) is 14.3 Å². The minimum absolute atomic E-state index is 0.125. The smallest absolute Gasteiger partial charge is 0.338 e. The van der Waals surface area contributed by atoms with Gasteiger partial charge in [0.2, 0.25) is 5.91 Å². The number of carbonyl (C=O) groups excluding carboxylic acids is 3. The van der Waals surface area contributed by atoms with Crippen LogP contribution in [0.5, 0.6) is 0 Å². The van der Waals surface area contributed by atoms with E-state index in [1.807, 2.05) is 6.07 Å². The molecule has 2 N–H and O–H groups in total. The van der Waals surface area contributed by atoms with Crippen molar-refractivity contribution in [3.63, 3.8) is 0 Å². The van der Waals surface area contributed by atoms with E-state index in [4.69, 9.17) is 10.00 Å². The van der Waals surface area contributed by atoms with Gasteiger partial charge in [0, 0.05) is 11.4 Å². The second-order valence-corrected chi connectivity index (χ2v) is 5.40. The molecule has 0 unspecified atom stereocenters. The number of carbonyl (C=O) groups is 3. The molecule has 22 heavy (non-hydrogen) atoms. The first kappa shape index (κ1) is 15.9. The van der Waals surface area contributed by atoms with Crippen molar-refractivity contribution >= 4 is 35.2 Å². The first-order valence-electron chi connectivity index (χ1n) is 6.47. The van der Waals surface area contributed by atoms with Gasteiger partial charge < -0.3 is 15.4 Å². The number of hydrogen-bond donors (Lipinski definition) is 2. The van der Waals surface area contributed by atoms with Crippen LogP contribution in [0.3, 0.4) is 0 Å².